The number of hydrogen-bond donors (Lipinski definition) is 1. The zero-order valence-corrected chi connectivity index (χ0v) is 15.3. The number of fused-ring (bicyclic) bond motifs is 1. The molecule has 0 radical (unpaired) electrons. The second kappa shape index (κ2) is 8.26. The first kappa shape index (κ1) is 17.6. The Morgan fingerprint density at radius 2 is 1.84 bits per heavy atom. The average Bonchev–Trinajstić information content (AvgIpc) is 2.67. The van der Waals surface area contributed by atoms with Crippen LogP contribution in [0.15, 0.2) is 36.4 Å². The summed E-state index contributed by atoms with van der Waals surface area (Å²) in [5, 5.41) is 3.62. The molecule has 3 rings (SSSR count). The molecule has 1 atom stereocenters. The minimum Gasteiger partial charge on any atom is -0.494 e. The van der Waals surface area contributed by atoms with Crippen LogP contribution in [0.3, 0.4) is 0 Å². The van der Waals surface area contributed by atoms with Crippen molar-refractivity contribution in [2.75, 3.05) is 26.9 Å². The van der Waals surface area contributed by atoms with Gasteiger partial charge >= 0.3 is 0 Å². The second-order valence-electron chi connectivity index (χ2n) is 6.15. The summed E-state index contributed by atoms with van der Waals surface area (Å²) in [5.74, 6) is 2.62. The Labute approximate surface area is 150 Å². The van der Waals surface area contributed by atoms with Crippen LogP contribution in [0.5, 0.6) is 17.2 Å². The van der Waals surface area contributed by atoms with Gasteiger partial charge in [0.2, 0.25) is 0 Å². The molecule has 0 saturated heterocycles. The summed E-state index contributed by atoms with van der Waals surface area (Å²) < 4.78 is 17.1. The van der Waals surface area contributed by atoms with Gasteiger partial charge in [0.1, 0.15) is 5.75 Å². The van der Waals surface area contributed by atoms with Crippen molar-refractivity contribution in [1.29, 1.82) is 0 Å². The van der Waals surface area contributed by atoms with Gasteiger partial charge in [0, 0.05) is 12.1 Å². The van der Waals surface area contributed by atoms with Crippen molar-refractivity contribution in [3.63, 3.8) is 0 Å². The lowest BCUT2D eigenvalue weighted by atomic mass is 9.89. The molecule has 4 heteroatoms. The maximum absolute atomic E-state index is 5.90. The van der Waals surface area contributed by atoms with E-state index in [9.17, 15) is 0 Å². The largest absolute Gasteiger partial charge is 0.494 e. The van der Waals surface area contributed by atoms with E-state index in [0.717, 1.165) is 43.2 Å². The predicted molar refractivity (Wildman–Crippen MR) is 99.9 cm³/mol. The fraction of sp³-hybridized carbons (Fsp3) is 0.429. The van der Waals surface area contributed by atoms with E-state index in [1.54, 1.807) is 7.11 Å². The Bertz CT molecular complexity index is 697. The molecule has 134 valence electrons. The van der Waals surface area contributed by atoms with Gasteiger partial charge in [-0.15, -0.1) is 0 Å². The first-order valence-electron chi connectivity index (χ1n) is 9.07. The summed E-state index contributed by atoms with van der Waals surface area (Å²) in [7, 11) is 1.69. The molecule has 0 amide bonds. The molecule has 0 bridgehead atoms. The standard InChI is InChI=1S/C21H27NO3/c1-4-14-25-16-8-6-15(7-9-16)20-17-10-11-19(23-3)21(24-5-2)18(17)12-13-22-20/h6-11,20,22H,4-5,12-14H2,1-3H3. The smallest absolute Gasteiger partial charge is 0.164 e. The van der Waals surface area contributed by atoms with Gasteiger partial charge in [-0.25, -0.2) is 0 Å². The molecule has 1 unspecified atom stereocenters. The fourth-order valence-electron chi connectivity index (χ4n) is 3.34. The van der Waals surface area contributed by atoms with Crippen LogP contribution in [0, 0.1) is 0 Å². The van der Waals surface area contributed by atoms with Crippen LogP contribution >= 0.6 is 0 Å². The number of nitrogens with one attached hydrogen (secondary N) is 1. The van der Waals surface area contributed by atoms with Gasteiger partial charge in [0.25, 0.3) is 0 Å². The van der Waals surface area contributed by atoms with Gasteiger partial charge in [-0.3, -0.25) is 0 Å². The fourth-order valence-corrected chi connectivity index (χ4v) is 3.34. The lowest BCUT2D eigenvalue weighted by Gasteiger charge is -2.29. The molecule has 0 fully saturated rings. The lowest BCUT2D eigenvalue weighted by molar-refractivity contribution is 0.305. The number of rotatable bonds is 7. The zero-order valence-electron chi connectivity index (χ0n) is 15.3. The van der Waals surface area contributed by atoms with E-state index in [0.29, 0.717) is 6.61 Å². The number of benzene rings is 2. The quantitative estimate of drug-likeness (QED) is 0.822. The van der Waals surface area contributed by atoms with Gasteiger partial charge in [0.15, 0.2) is 11.5 Å². The highest BCUT2D eigenvalue weighted by Gasteiger charge is 2.26. The molecule has 1 aliphatic rings. The topological polar surface area (TPSA) is 39.7 Å². The highest BCUT2D eigenvalue weighted by molar-refractivity contribution is 5.54. The highest BCUT2D eigenvalue weighted by atomic mass is 16.5. The summed E-state index contributed by atoms with van der Waals surface area (Å²) in [4.78, 5) is 0. The van der Waals surface area contributed by atoms with Gasteiger partial charge in [-0.2, -0.15) is 0 Å². The van der Waals surface area contributed by atoms with Crippen molar-refractivity contribution in [2.45, 2.75) is 32.7 Å². The highest BCUT2D eigenvalue weighted by Crippen LogP contribution is 2.40. The van der Waals surface area contributed by atoms with E-state index >= 15 is 0 Å². The van der Waals surface area contributed by atoms with E-state index in [2.05, 4.69) is 30.4 Å². The Balaban J connectivity index is 1.92. The molecule has 1 aliphatic heterocycles. The van der Waals surface area contributed by atoms with Crippen LogP contribution in [-0.4, -0.2) is 26.9 Å². The normalized spacial score (nSPS) is 16.2. The molecular weight excluding hydrogens is 314 g/mol. The third-order valence-corrected chi connectivity index (χ3v) is 4.49. The van der Waals surface area contributed by atoms with E-state index < -0.39 is 0 Å². The molecule has 1 N–H and O–H groups in total. The minimum absolute atomic E-state index is 0.161. The van der Waals surface area contributed by atoms with Crippen molar-refractivity contribution >= 4 is 0 Å². The summed E-state index contributed by atoms with van der Waals surface area (Å²) in [6, 6.07) is 12.7. The van der Waals surface area contributed by atoms with Crippen molar-refractivity contribution in [1.82, 2.24) is 5.32 Å². The van der Waals surface area contributed by atoms with E-state index in [1.165, 1.54) is 16.7 Å². The summed E-state index contributed by atoms with van der Waals surface area (Å²) in [6.07, 6.45) is 1.96. The van der Waals surface area contributed by atoms with Crippen LogP contribution < -0.4 is 19.5 Å². The van der Waals surface area contributed by atoms with Gasteiger partial charge in [-0.1, -0.05) is 25.1 Å². The average molecular weight is 341 g/mol. The van der Waals surface area contributed by atoms with E-state index in [-0.39, 0.29) is 6.04 Å². The maximum atomic E-state index is 5.90. The molecule has 0 aromatic heterocycles. The van der Waals surface area contributed by atoms with E-state index in [4.69, 9.17) is 14.2 Å². The summed E-state index contributed by atoms with van der Waals surface area (Å²) >= 11 is 0. The third-order valence-electron chi connectivity index (χ3n) is 4.49. The first-order chi connectivity index (χ1) is 12.3. The van der Waals surface area contributed by atoms with Gasteiger partial charge in [-0.05, 0) is 49.1 Å². The molecule has 1 heterocycles. The molecule has 0 spiro atoms. The molecule has 25 heavy (non-hydrogen) atoms. The Morgan fingerprint density at radius 3 is 2.52 bits per heavy atom. The predicted octanol–water partition coefficient (Wildman–Crippen LogP) is 4.12. The molecule has 2 aromatic carbocycles. The van der Waals surface area contributed by atoms with Crippen LogP contribution in [0.4, 0.5) is 0 Å². The van der Waals surface area contributed by atoms with Crippen molar-refractivity contribution in [2.24, 2.45) is 0 Å². The van der Waals surface area contributed by atoms with Crippen molar-refractivity contribution in [3.05, 3.63) is 53.1 Å². The third kappa shape index (κ3) is 3.74. The molecule has 0 aliphatic carbocycles. The van der Waals surface area contributed by atoms with Crippen LogP contribution in [-0.2, 0) is 6.42 Å². The summed E-state index contributed by atoms with van der Waals surface area (Å²) in [6.45, 7) is 6.42. The second-order valence-corrected chi connectivity index (χ2v) is 6.15. The zero-order chi connectivity index (χ0) is 17.6. The number of hydrogen-bond acceptors (Lipinski definition) is 4. The number of methoxy groups -OCH3 is 1. The Kier molecular flexibility index (Phi) is 5.82. The van der Waals surface area contributed by atoms with Crippen LogP contribution in [0.25, 0.3) is 0 Å². The van der Waals surface area contributed by atoms with Gasteiger partial charge in [0.05, 0.1) is 26.4 Å². The molecular formula is C21H27NO3. The van der Waals surface area contributed by atoms with Crippen molar-refractivity contribution < 1.29 is 14.2 Å². The lowest BCUT2D eigenvalue weighted by Crippen LogP contribution is -2.31. The molecule has 4 nitrogen and oxygen atoms in total. The van der Waals surface area contributed by atoms with Gasteiger partial charge < -0.3 is 19.5 Å². The minimum atomic E-state index is 0.161. The molecule has 0 saturated carbocycles. The summed E-state index contributed by atoms with van der Waals surface area (Å²) in [5.41, 5.74) is 3.74. The Hall–Kier alpha value is -2.20. The first-order valence-corrected chi connectivity index (χ1v) is 9.07. The maximum Gasteiger partial charge on any atom is 0.164 e. The Morgan fingerprint density at radius 1 is 1.04 bits per heavy atom. The van der Waals surface area contributed by atoms with Crippen LogP contribution in [0.1, 0.15) is 43.0 Å². The van der Waals surface area contributed by atoms with E-state index in [1.807, 2.05) is 25.1 Å². The monoisotopic (exact) mass is 341 g/mol. The number of ether oxygens (including phenoxy) is 3. The van der Waals surface area contributed by atoms with Crippen LogP contribution in [0.2, 0.25) is 0 Å². The SMILES string of the molecule is CCCOc1ccc(C2NCCc3c2ccc(OC)c3OCC)cc1. The molecule has 2 aromatic rings. The van der Waals surface area contributed by atoms with Crippen molar-refractivity contribution in [3.8, 4) is 17.2 Å².